The second-order valence-corrected chi connectivity index (χ2v) is 3.76. The standard InChI is InChI=1S/C13H11N5O/c1-16-13(19)11-12(15)17-7-10(18-11)9-4-2-3-8(5-9)6-14/h2-5,7H,1H3,(H2,15,17)(H,16,19). The Morgan fingerprint density at radius 1 is 1.47 bits per heavy atom. The number of amides is 1. The summed E-state index contributed by atoms with van der Waals surface area (Å²) in [4.78, 5) is 19.7. The molecule has 1 amide bonds. The van der Waals surface area contributed by atoms with Crippen LogP contribution in [0.2, 0.25) is 0 Å². The molecule has 0 saturated carbocycles. The van der Waals surface area contributed by atoms with Gasteiger partial charge in [0.2, 0.25) is 0 Å². The van der Waals surface area contributed by atoms with Gasteiger partial charge in [0, 0.05) is 12.6 Å². The van der Waals surface area contributed by atoms with Crippen LogP contribution >= 0.6 is 0 Å². The Bertz CT molecular complexity index is 675. The summed E-state index contributed by atoms with van der Waals surface area (Å²) in [5.41, 5.74) is 7.39. The lowest BCUT2D eigenvalue weighted by Gasteiger charge is -2.06. The molecule has 0 bridgehead atoms. The maximum absolute atomic E-state index is 11.6. The van der Waals surface area contributed by atoms with Gasteiger partial charge in [-0.05, 0) is 12.1 Å². The molecule has 1 aromatic heterocycles. The number of anilines is 1. The maximum Gasteiger partial charge on any atom is 0.273 e. The lowest BCUT2D eigenvalue weighted by Crippen LogP contribution is -2.21. The molecule has 0 aliphatic rings. The van der Waals surface area contributed by atoms with E-state index in [2.05, 4.69) is 15.3 Å². The van der Waals surface area contributed by atoms with E-state index in [1.165, 1.54) is 13.2 Å². The molecule has 2 rings (SSSR count). The first-order chi connectivity index (χ1) is 9.15. The Hall–Kier alpha value is -2.94. The molecule has 6 nitrogen and oxygen atoms in total. The summed E-state index contributed by atoms with van der Waals surface area (Å²) >= 11 is 0. The minimum absolute atomic E-state index is 0.0690. The van der Waals surface area contributed by atoms with Crippen molar-refractivity contribution in [2.75, 3.05) is 12.8 Å². The number of nitrogens with one attached hydrogen (secondary N) is 1. The van der Waals surface area contributed by atoms with Crippen molar-refractivity contribution < 1.29 is 4.79 Å². The predicted octanol–water partition coefficient (Wildman–Crippen LogP) is 0.957. The first-order valence-electron chi connectivity index (χ1n) is 5.51. The van der Waals surface area contributed by atoms with E-state index >= 15 is 0 Å². The Labute approximate surface area is 109 Å². The molecule has 0 aliphatic heterocycles. The summed E-state index contributed by atoms with van der Waals surface area (Å²) in [6.07, 6.45) is 1.47. The highest BCUT2D eigenvalue weighted by Gasteiger charge is 2.13. The van der Waals surface area contributed by atoms with Gasteiger partial charge in [0.15, 0.2) is 11.5 Å². The van der Waals surface area contributed by atoms with Gasteiger partial charge in [-0.15, -0.1) is 0 Å². The molecule has 1 aromatic carbocycles. The van der Waals surface area contributed by atoms with Crippen LogP contribution in [0.1, 0.15) is 16.1 Å². The molecular weight excluding hydrogens is 242 g/mol. The zero-order valence-electron chi connectivity index (χ0n) is 10.2. The van der Waals surface area contributed by atoms with Gasteiger partial charge in [0.05, 0.1) is 23.5 Å². The van der Waals surface area contributed by atoms with Crippen LogP contribution in [0.5, 0.6) is 0 Å². The lowest BCUT2D eigenvalue weighted by molar-refractivity contribution is 0.0959. The highest BCUT2D eigenvalue weighted by atomic mass is 16.1. The van der Waals surface area contributed by atoms with Crippen molar-refractivity contribution in [2.45, 2.75) is 0 Å². The van der Waals surface area contributed by atoms with Gasteiger partial charge in [-0.2, -0.15) is 5.26 Å². The second kappa shape index (κ2) is 5.14. The van der Waals surface area contributed by atoms with Crippen molar-refractivity contribution in [1.82, 2.24) is 15.3 Å². The van der Waals surface area contributed by atoms with E-state index in [0.717, 1.165) is 0 Å². The van der Waals surface area contributed by atoms with Gasteiger partial charge >= 0.3 is 0 Å². The number of nitrogens with zero attached hydrogens (tertiary/aromatic N) is 3. The molecule has 2 aromatic rings. The van der Waals surface area contributed by atoms with E-state index < -0.39 is 5.91 Å². The maximum atomic E-state index is 11.6. The van der Waals surface area contributed by atoms with Crippen molar-refractivity contribution in [1.29, 1.82) is 5.26 Å². The molecule has 0 saturated heterocycles. The summed E-state index contributed by atoms with van der Waals surface area (Å²) in [6, 6.07) is 8.94. The molecule has 0 atom stereocenters. The Balaban J connectivity index is 2.51. The van der Waals surface area contributed by atoms with Crippen molar-refractivity contribution >= 4 is 11.7 Å². The van der Waals surface area contributed by atoms with Crippen LogP contribution in [-0.2, 0) is 0 Å². The van der Waals surface area contributed by atoms with Crippen LogP contribution in [0.15, 0.2) is 30.5 Å². The number of nitrogen functional groups attached to an aromatic ring is 1. The largest absolute Gasteiger partial charge is 0.382 e. The van der Waals surface area contributed by atoms with E-state index in [-0.39, 0.29) is 11.5 Å². The molecular formula is C13H11N5O. The van der Waals surface area contributed by atoms with Crippen LogP contribution in [-0.4, -0.2) is 22.9 Å². The first kappa shape index (κ1) is 12.5. The third-order valence-electron chi connectivity index (χ3n) is 2.53. The predicted molar refractivity (Wildman–Crippen MR) is 70.0 cm³/mol. The fraction of sp³-hybridized carbons (Fsp3) is 0.0769. The highest BCUT2D eigenvalue weighted by Crippen LogP contribution is 2.19. The van der Waals surface area contributed by atoms with Crippen LogP contribution in [0.25, 0.3) is 11.3 Å². The number of hydrogen-bond donors (Lipinski definition) is 2. The van der Waals surface area contributed by atoms with E-state index in [1.807, 2.05) is 6.07 Å². The number of benzene rings is 1. The Morgan fingerprint density at radius 3 is 2.95 bits per heavy atom. The number of hydrogen-bond acceptors (Lipinski definition) is 5. The van der Waals surface area contributed by atoms with E-state index in [4.69, 9.17) is 11.0 Å². The second-order valence-electron chi connectivity index (χ2n) is 3.76. The zero-order valence-corrected chi connectivity index (χ0v) is 10.2. The smallest absolute Gasteiger partial charge is 0.273 e. The van der Waals surface area contributed by atoms with Crippen LogP contribution in [0.4, 0.5) is 5.82 Å². The zero-order chi connectivity index (χ0) is 13.8. The summed E-state index contributed by atoms with van der Waals surface area (Å²) in [6.45, 7) is 0. The van der Waals surface area contributed by atoms with E-state index in [0.29, 0.717) is 16.8 Å². The number of aromatic nitrogens is 2. The lowest BCUT2D eigenvalue weighted by atomic mass is 10.1. The number of carbonyl (C=O) groups excluding carboxylic acids is 1. The van der Waals surface area contributed by atoms with Gasteiger partial charge in [0.1, 0.15) is 0 Å². The van der Waals surface area contributed by atoms with Crippen molar-refractivity contribution in [3.63, 3.8) is 0 Å². The molecule has 1 heterocycles. The summed E-state index contributed by atoms with van der Waals surface area (Å²) in [5, 5.41) is 11.3. The molecule has 3 N–H and O–H groups in total. The van der Waals surface area contributed by atoms with Gasteiger partial charge in [-0.3, -0.25) is 4.79 Å². The summed E-state index contributed by atoms with van der Waals surface area (Å²) < 4.78 is 0. The topological polar surface area (TPSA) is 105 Å². The first-order valence-corrected chi connectivity index (χ1v) is 5.51. The van der Waals surface area contributed by atoms with Gasteiger partial charge in [-0.25, -0.2) is 9.97 Å². The SMILES string of the molecule is CNC(=O)c1nc(-c2cccc(C#N)c2)cnc1N. The van der Waals surface area contributed by atoms with Gasteiger partial charge in [-0.1, -0.05) is 12.1 Å². The van der Waals surface area contributed by atoms with Crippen LogP contribution in [0.3, 0.4) is 0 Å². The van der Waals surface area contributed by atoms with E-state index in [9.17, 15) is 4.79 Å². The monoisotopic (exact) mass is 253 g/mol. The Morgan fingerprint density at radius 2 is 2.26 bits per heavy atom. The minimum atomic E-state index is -0.400. The minimum Gasteiger partial charge on any atom is -0.382 e. The van der Waals surface area contributed by atoms with E-state index in [1.54, 1.807) is 24.3 Å². The van der Waals surface area contributed by atoms with Crippen molar-refractivity contribution in [2.24, 2.45) is 0 Å². The quantitative estimate of drug-likeness (QED) is 0.829. The van der Waals surface area contributed by atoms with Crippen molar-refractivity contribution in [3.8, 4) is 17.3 Å². The molecule has 0 spiro atoms. The number of nitriles is 1. The van der Waals surface area contributed by atoms with Gasteiger partial charge < -0.3 is 11.1 Å². The molecule has 6 heteroatoms. The van der Waals surface area contributed by atoms with Crippen LogP contribution < -0.4 is 11.1 Å². The molecule has 0 unspecified atom stereocenters. The molecule has 0 fully saturated rings. The number of nitrogens with two attached hydrogens (primary N) is 1. The number of rotatable bonds is 2. The molecule has 94 valence electrons. The highest BCUT2D eigenvalue weighted by molar-refractivity contribution is 5.96. The Kier molecular flexibility index (Phi) is 3.39. The van der Waals surface area contributed by atoms with Gasteiger partial charge in [0.25, 0.3) is 5.91 Å². The van der Waals surface area contributed by atoms with Crippen molar-refractivity contribution in [3.05, 3.63) is 41.7 Å². The normalized spacial score (nSPS) is 9.68. The van der Waals surface area contributed by atoms with Crippen LogP contribution in [0, 0.1) is 11.3 Å². The molecule has 0 aliphatic carbocycles. The fourth-order valence-electron chi connectivity index (χ4n) is 1.57. The average Bonchev–Trinajstić information content (AvgIpc) is 2.47. The third-order valence-corrected chi connectivity index (χ3v) is 2.53. The molecule has 19 heavy (non-hydrogen) atoms. The molecule has 0 radical (unpaired) electrons. The average molecular weight is 253 g/mol. The number of carbonyl (C=O) groups is 1. The third kappa shape index (κ3) is 2.50. The summed E-state index contributed by atoms with van der Waals surface area (Å²) in [7, 11) is 1.49. The fourth-order valence-corrected chi connectivity index (χ4v) is 1.57. The summed E-state index contributed by atoms with van der Waals surface area (Å²) in [5.74, 6) is -0.331.